The lowest BCUT2D eigenvalue weighted by Crippen LogP contribution is -2.38. The number of halogens is 1. The maximum absolute atomic E-state index is 12.0. The molecule has 2 aromatic carbocycles. The van der Waals surface area contributed by atoms with Gasteiger partial charge in [0.05, 0.1) is 12.8 Å². The smallest absolute Gasteiger partial charge is 0.254 e. The molecular formula is C22H26ClN3O2. The van der Waals surface area contributed by atoms with Crippen molar-refractivity contribution < 1.29 is 9.53 Å². The summed E-state index contributed by atoms with van der Waals surface area (Å²) < 4.78 is 5.89. The number of amides is 1. The van der Waals surface area contributed by atoms with Gasteiger partial charge in [-0.2, -0.15) is 5.10 Å². The van der Waals surface area contributed by atoms with Gasteiger partial charge >= 0.3 is 0 Å². The third-order valence-electron chi connectivity index (χ3n) is 4.78. The fraction of sp³-hybridized carbons (Fsp3) is 0.364. The molecule has 2 N–H and O–H groups in total. The lowest BCUT2D eigenvalue weighted by atomic mass is 9.95. The first-order chi connectivity index (χ1) is 13.7. The third kappa shape index (κ3) is 6.66. The Balaban J connectivity index is 1.47. The minimum Gasteiger partial charge on any atom is -0.488 e. The average Bonchev–Trinajstić information content (AvgIpc) is 2.73. The molecule has 0 aromatic heterocycles. The quantitative estimate of drug-likeness (QED) is 0.514. The molecule has 6 heteroatoms. The highest BCUT2D eigenvalue weighted by atomic mass is 35.5. The van der Waals surface area contributed by atoms with E-state index in [1.807, 2.05) is 48.5 Å². The molecule has 3 rings (SSSR count). The predicted molar refractivity (Wildman–Crippen MR) is 113 cm³/mol. The molecule has 0 unspecified atom stereocenters. The van der Waals surface area contributed by atoms with Crippen molar-refractivity contribution >= 4 is 23.7 Å². The van der Waals surface area contributed by atoms with Gasteiger partial charge < -0.3 is 10.1 Å². The second-order valence-corrected chi connectivity index (χ2v) is 7.40. The first-order valence-electron chi connectivity index (χ1n) is 9.72. The fourth-order valence-corrected chi connectivity index (χ4v) is 3.34. The largest absolute Gasteiger partial charge is 0.488 e. The molecule has 0 heterocycles. The molecule has 0 atom stereocenters. The number of ether oxygens (including phenoxy) is 1. The molecule has 1 aliphatic carbocycles. The molecule has 0 bridgehead atoms. The van der Waals surface area contributed by atoms with Crippen LogP contribution >= 0.6 is 11.6 Å². The van der Waals surface area contributed by atoms with Gasteiger partial charge in [0.15, 0.2) is 0 Å². The lowest BCUT2D eigenvalue weighted by Gasteiger charge is -2.22. The van der Waals surface area contributed by atoms with Crippen molar-refractivity contribution in [3.05, 3.63) is 64.7 Å². The van der Waals surface area contributed by atoms with E-state index in [1.54, 1.807) is 6.21 Å². The number of benzene rings is 2. The lowest BCUT2D eigenvalue weighted by molar-refractivity contribution is -0.120. The van der Waals surface area contributed by atoms with Crippen LogP contribution in [0.4, 0.5) is 0 Å². The van der Waals surface area contributed by atoms with E-state index in [4.69, 9.17) is 16.3 Å². The summed E-state index contributed by atoms with van der Waals surface area (Å²) in [5.41, 5.74) is 4.40. The summed E-state index contributed by atoms with van der Waals surface area (Å²) in [6.07, 6.45) is 7.68. The zero-order valence-electron chi connectivity index (χ0n) is 15.9. The molecule has 1 aliphatic rings. The van der Waals surface area contributed by atoms with E-state index >= 15 is 0 Å². The summed E-state index contributed by atoms with van der Waals surface area (Å²) in [7, 11) is 0. The number of nitrogens with zero attached hydrogens (tertiary/aromatic N) is 1. The van der Waals surface area contributed by atoms with Gasteiger partial charge in [-0.15, -0.1) is 0 Å². The average molecular weight is 400 g/mol. The first-order valence-corrected chi connectivity index (χ1v) is 10.1. The maximum Gasteiger partial charge on any atom is 0.254 e. The Hall–Kier alpha value is -2.37. The van der Waals surface area contributed by atoms with E-state index in [9.17, 15) is 4.79 Å². The summed E-state index contributed by atoms with van der Waals surface area (Å²) in [5, 5.41) is 8.07. The van der Waals surface area contributed by atoms with Crippen LogP contribution in [0.15, 0.2) is 53.6 Å². The Morgan fingerprint density at radius 2 is 1.86 bits per heavy atom. The molecule has 148 valence electrons. The summed E-state index contributed by atoms with van der Waals surface area (Å²) in [4.78, 5) is 12.0. The molecule has 1 saturated carbocycles. The van der Waals surface area contributed by atoms with Crippen LogP contribution in [0.25, 0.3) is 0 Å². The second-order valence-electron chi connectivity index (χ2n) is 6.96. The van der Waals surface area contributed by atoms with Gasteiger partial charge in [-0.1, -0.05) is 55.1 Å². The van der Waals surface area contributed by atoms with E-state index in [2.05, 4.69) is 15.8 Å². The van der Waals surface area contributed by atoms with E-state index < -0.39 is 0 Å². The Kier molecular flexibility index (Phi) is 7.88. The zero-order chi connectivity index (χ0) is 19.6. The van der Waals surface area contributed by atoms with Gasteiger partial charge in [0, 0.05) is 16.6 Å². The van der Waals surface area contributed by atoms with Gasteiger partial charge in [-0.05, 0) is 42.7 Å². The van der Waals surface area contributed by atoms with Gasteiger partial charge in [0.2, 0.25) is 0 Å². The Morgan fingerprint density at radius 1 is 1.11 bits per heavy atom. The molecule has 0 radical (unpaired) electrons. The van der Waals surface area contributed by atoms with Crippen molar-refractivity contribution in [2.75, 3.05) is 6.54 Å². The van der Waals surface area contributed by atoms with Crippen LogP contribution in [0.5, 0.6) is 5.75 Å². The number of para-hydroxylation sites is 1. The molecule has 28 heavy (non-hydrogen) atoms. The Bertz CT molecular complexity index is 787. The fourth-order valence-electron chi connectivity index (χ4n) is 3.22. The van der Waals surface area contributed by atoms with E-state index in [1.165, 1.54) is 19.3 Å². The standard InChI is InChI=1S/C22H26ClN3O2/c23-19-12-10-17(11-13-19)16-28-21-9-5-4-6-18(21)14-25-26-22(27)15-24-20-7-2-1-3-8-20/h4-6,9-14,20,24H,1-3,7-8,15-16H2,(H,26,27)/b25-14-. The normalized spacial score (nSPS) is 14.9. The van der Waals surface area contributed by atoms with Crippen molar-refractivity contribution in [3.63, 3.8) is 0 Å². The highest BCUT2D eigenvalue weighted by molar-refractivity contribution is 6.30. The number of hydrogen-bond acceptors (Lipinski definition) is 4. The van der Waals surface area contributed by atoms with Crippen LogP contribution in [-0.4, -0.2) is 24.7 Å². The van der Waals surface area contributed by atoms with E-state index in [-0.39, 0.29) is 12.5 Å². The summed E-state index contributed by atoms with van der Waals surface area (Å²) >= 11 is 5.91. The van der Waals surface area contributed by atoms with Crippen LogP contribution < -0.4 is 15.5 Å². The maximum atomic E-state index is 12.0. The zero-order valence-corrected chi connectivity index (χ0v) is 16.6. The molecule has 0 saturated heterocycles. The van der Waals surface area contributed by atoms with Crippen molar-refractivity contribution in [2.24, 2.45) is 5.10 Å². The van der Waals surface area contributed by atoms with Crippen LogP contribution in [-0.2, 0) is 11.4 Å². The molecule has 2 aromatic rings. The number of carbonyl (C=O) groups excluding carboxylic acids is 1. The molecule has 0 aliphatic heterocycles. The first kappa shape index (κ1) is 20.4. The topological polar surface area (TPSA) is 62.7 Å². The van der Waals surface area contributed by atoms with Crippen LogP contribution in [0.1, 0.15) is 43.2 Å². The van der Waals surface area contributed by atoms with Crippen molar-refractivity contribution in [2.45, 2.75) is 44.8 Å². The minimum absolute atomic E-state index is 0.138. The van der Waals surface area contributed by atoms with Gasteiger partial charge in [-0.3, -0.25) is 4.79 Å². The van der Waals surface area contributed by atoms with Crippen molar-refractivity contribution in [1.82, 2.24) is 10.7 Å². The molecule has 1 fully saturated rings. The highest BCUT2D eigenvalue weighted by Crippen LogP contribution is 2.19. The number of hydrogen-bond donors (Lipinski definition) is 2. The number of nitrogens with one attached hydrogen (secondary N) is 2. The second kappa shape index (κ2) is 10.8. The van der Waals surface area contributed by atoms with Gasteiger partial charge in [0.1, 0.15) is 12.4 Å². The Morgan fingerprint density at radius 3 is 2.64 bits per heavy atom. The summed E-state index contributed by atoms with van der Waals surface area (Å²) in [5.74, 6) is 0.567. The highest BCUT2D eigenvalue weighted by Gasteiger charge is 2.13. The van der Waals surface area contributed by atoms with Crippen LogP contribution in [0.3, 0.4) is 0 Å². The monoisotopic (exact) mass is 399 g/mol. The van der Waals surface area contributed by atoms with Crippen molar-refractivity contribution in [1.29, 1.82) is 0 Å². The molecule has 5 nitrogen and oxygen atoms in total. The Labute approximate surface area is 171 Å². The van der Waals surface area contributed by atoms with E-state index in [0.717, 1.165) is 24.0 Å². The summed E-state index contributed by atoms with van der Waals surface area (Å²) in [6, 6.07) is 15.6. The minimum atomic E-state index is -0.138. The molecular weight excluding hydrogens is 374 g/mol. The van der Waals surface area contributed by atoms with Crippen molar-refractivity contribution in [3.8, 4) is 5.75 Å². The number of hydrazone groups is 1. The van der Waals surface area contributed by atoms with Gasteiger partial charge in [-0.25, -0.2) is 5.43 Å². The van der Waals surface area contributed by atoms with Gasteiger partial charge in [0.25, 0.3) is 5.91 Å². The van der Waals surface area contributed by atoms with Crippen LogP contribution in [0.2, 0.25) is 5.02 Å². The SMILES string of the molecule is O=C(CNC1CCCCC1)N/N=C\c1ccccc1OCc1ccc(Cl)cc1. The molecule has 1 amide bonds. The van der Waals surface area contributed by atoms with Crippen LogP contribution in [0, 0.1) is 0 Å². The molecule has 0 spiro atoms. The van der Waals surface area contributed by atoms with E-state index in [0.29, 0.717) is 23.4 Å². The third-order valence-corrected chi connectivity index (χ3v) is 5.03. The summed E-state index contributed by atoms with van der Waals surface area (Å²) in [6.45, 7) is 0.719. The predicted octanol–water partition coefficient (Wildman–Crippen LogP) is 4.29. The number of carbonyl (C=O) groups is 1. The number of rotatable bonds is 8.